The number of nitro groups is 2. The zero-order valence-corrected chi connectivity index (χ0v) is 37.4. The first kappa shape index (κ1) is 52.5. The minimum absolute atomic E-state index is 0.148. The summed E-state index contributed by atoms with van der Waals surface area (Å²) in [6.07, 6.45) is 3.42. The number of hydrogen-bond acceptors (Lipinski definition) is 16. The number of benzene rings is 5. The van der Waals surface area contributed by atoms with Gasteiger partial charge in [0.2, 0.25) is 0 Å². The molecule has 0 amide bonds. The largest absolute Gasteiger partial charge is 0.477 e. The SMILES string of the molecule is C=C/C(=C(\C=C/C)CC(=N)C(=O)O)[N+](=O)[O-].N=C(Cc1ccccc1[N+](=O)[O-])C(=O)O.Nc1ccc(-c2csc(N)n2)cc1.Nc1ccccc1.Nc1nc(-c2ccc3ccccc3c2)cs1. The Labute approximate surface area is 392 Å². The monoisotopic (exact) mass is 942 g/mol. The first-order valence-electron chi connectivity index (χ1n) is 19.5. The number of anilines is 4. The number of carboxylic acids is 2. The summed E-state index contributed by atoms with van der Waals surface area (Å²) in [5, 5.41) is 60.0. The number of carboxylic acid groups (broad SMARTS) is 2. The molecule has 0 spiro atoms. The molecule has 0 bridgehead atoms. The van der Waals surface area contributed by atoms with Gasteiger partial charge >= 0.3 is 11.9 Å². The van der Waals surface area contributed by atoms with Crippen molar-refractivity contribution in [1.29, 1.82) is 10.8 Å². The second-order valence-electron chi connectivity index (χ2n) is 13.4. The van der Waals surface area contributed by atoms with Crippen molar-refractivity contribution in [2.75, 3.05) is 22.9 Å². The molecule has 18 nitrogen and oxygen atoms in total. The maximum Gasteiger partial charge on any atom is 0.349 e. The molecule has 344 valence electrons. The standard InChI is InChI=1S/C13H10N2S.C10H12N2O4.C9H9N3S.C9H8N2O4.C6H7N/c14-13-15-12(8-16-13)11-6-5-9-3-1-2-4-10(9)7-11;1-3-5-7(6-8(11)10(13)14)9(4-2)12(15)16;10-7-3-1-6(2-4-7)8-5-13-9(11)12-8;10-7(9(12)13)5-6-3-1-2-4-8(6)11(14)15;7-6-4-2-1-3-5-6/h1-8H,(H2,14,15);3-5,11H,2,6H2,1H3,(H,13,14);1-5H,10H2,(H2,11,12);1-4,10H,5H2,(H,12,13);1-5H,7H2/b;5-3-,9-7-,11-8?;;;. The molecule has 2 aromatic heterocycles. The molecule has 0 radical (unpaired) electrons. The number of nitro benzene ring substituents is 1. The van der Waals surface area contributed by atoms with E-state index in [4.69, 9.17) is 44.0 Å². The van der Waals surface area contributed by atoms with Gasteiger partial charge in [-0.25, -0.2) is 19.6 Å². The summed E-state index contributed by atoms with van der Waals surface area (Å²) in [7, 11) is 0. The average molecular weight is 943 g/mol. The van der Waals surface area contributed by atoms with Crippen molar-refractivity contribution in [1.82, 2.24) is 9.97 Å². The number of para-hydroxylation sites is 2. The molecule has 67 heavy (non-hydrogen) atoms. The Morgan fingerprint density at radius 2 is 1.21 bits per heavy atom. The summed E-state index contributed by atoms with van der Waals surface area (Å²) in [4.78, 5) is 49.2. The van der Waals surface area contributed by atoms with E-state index >= 15 is 0 Å². The number of carbonyl (C=O) groups is 2. The molecular weight excluding hydrogens is 897 g/mol. The molecule has 0 unspecified atom stereocenters. The molecule has 7 rings (SSSR count). The van der Waals surface area contributed by atoms with Crippen molar-refractivity contribution in [3.05, 3.63) is 194 Å². The fourth-order valence-corrected chi connectivity index (χ4v) is 6.57. The van der Waals surface area contributed by atoms with Gasteiger partial charge in [0.05, 0.1) is 21.2 Å². The highest BCUT2D eigenvalue weighted by Gasteiger charge is 2.18. The number of nitrogens with one attached hydrogen (secondary N) is 2. The van der Waals surface area contributed by atoms with E-state index in [1.165, 1.54) is 63.8 Å². The van der Waals surface area contributed by atoms with E-state index in [2.05, 4.69) is 46.9 Å². The number of thiazole rings is 2. The van der Waals surface area contributed by atoms with Crippen LogP contribution in [0.5, 0.6) is 0 Å². The molecule has 5 aromatic carbocycles. The summed E-state index contributed by atoms with van der Waals surface area (Å²) in [6.45, 7) is 4.93. The van der Waals surface area contributed by atoms with Crippen LogP contribution >= 0.6 is 22.7 Å². The number of aliphatic carboxylic acids is 2. The predicted molar refractivity (Wildman–Crippen MR) is 268 cm³/mol. The lowest BCUT2D eigenvalue weighted by Crippen LogP contribution is -2.14. The van der Waals surface area contributed by atoms with Crippen molar-refractivity contribution in [2.45, 2.75) is 19.8 Å². The van der Waals surface area contributed by atoms with Crippen LogP contribution in [0.2, 0.25) is 0 Å². The molecule has 0 fully saturated rings. The molecule has 0 saturated heterocycles. The van der Waals surface area contributed by atoms with Crippen LogP contribution in [0, 0.1) is 31.0 Å². The number of allylic oxidation sites excluding steroid dienone is 4. The Hall–Kier alpha value is -8.88. The average Bonchev–Trinajstić information content (AvgIpc) is 3.95. The summed E-state index contributed by atoms with van der Waals surface area (Å²) >= 11 is 2.91. The second kappa shape index (κ2) is 26.7. The van der Waals surface area contributed by atoms with Crippen molar-refractivity contribution < 1.29 is 29.6 Å². The van der Waals surface area contributed by atoms with Gasteiger partial charge in [0.25, 0.3) is 11.4 Å². The molecule has 0 saturated carbocycles. The predicted octanol–water partition coefficient (Wildman–Crippen LogP) is 9.80. The summed E-state index contributed by atoms with van der Waals surface area (Å²) in [5.74, 6) is -2.76. The van der Waals surface area contributed by atoms with Crippen LogP contribution in [-0.2, 0) is 16.0 Å². The first-order valence-corrected chi connectivity index (χ1v) is 21.2. The van der Waals surface area contributed by atoms with Crippen LogP contribution in [0.25, 0.3) is 33.3 Å². The number of nitrogens with two attached hydrogens (primary N) is 4. The van der Waals surface area contributed by atoms with Gasteiger partial charge in [-0.3, -0.25) is 31.0 Å². The van der Waals surface area contributed by atoms with E-state index in [0.717, 1.165) is 40.0 Å². The fourth-order valence-electron chi connectivity index (χ4n) is 5.43. The number of rotatable bonds is 12. The van der Waals surface area contributed by atoms with Gasteiger partial charge in [-0.15, -0.1) is 22.7 Å². The quantitative estimate of drug-likeness (QED) is 0.0186. The zero-order valence-electron chi connectivity index (χ0n) is 35.8. The summed E-state index contributed by atoms with van der Waals surface area (Å²) < 4.78 is 0. The number of nitrogen functional groups attached to an aromatic ring is 4. The van der Waals surface area contributed by atoms with Crippen molar-refractivity contribution in [3.63, 3.8) is 0 Å². The number of fused-ring (bicyclic) bond motifs is 1. The number of hydrogen-bond donors (Lipinski definition) is 8. The fraction of sp³-hybridized carbons (Fsp3) is 0.0638. The van der Waals surface area contributed by atoms with E-state index in [1.807, 2.05) is 77.5 Å². The third-order valence-corrected chi connectivity index (χ3v) is 9.97. The van der Waals surface area contributed by atoms with Crippen molar-refractivity contribution >= 4 is 84.1 Å². The van der Waals surface area contributed by atoms with Crippen LogP contribution in [0.3, 0.4) is 0 Å². The Morgan fingerprint density at radius 3 is 1.69 bits per heavy atom. The van der Waals surface area contributed by atoms with Crippen molar-refractivity contribution in [2.24, 2.45) is 0 Å². The van der Waals surface area contributed by atoms with E-state index in [-0.39, 0.29) is 35.4 Å². The number of aromatic nitrogens is 2. The zero-order chi connectivity index (χ0) is 49.5. The lowest BCUT2D eigenvalue weighted by Gasteiger charge is -2.01. The Kier molecular flexibility index (Phi) is 20.9. The molecule has 0 aliphatic carbocycles. The second-order valence-corrected chi connectivity index (χ2v) is 15.2. The van der Waals surface area contributed by atoms with Gasteiger partial charge in [0, 0.05) is 69.4 Å². The smallest absolute Gasteiger partial charge is 0.349 e. The number of nitrogens with zero attached hydrogens (tertiary/aromatic N) is 4. The first-order chi connectivity index (χ1) is 31.9. The van der Waals surface area contributed by atoms with Crippen LogP contribution in [0.1, 0.15) is 18.9 Å². The molecule has 0 aliphatic heterocycles. The Morgan fingerprint density at radius 1 is 0.701 bits per heavy atom. The highest BCUT2D eigenvalue weighted by molar-refractivity contribution is 7.14. The third-order valence-electron chi connectivity index (χ3n) is 8.62. The van der Waals surface area contributed by atoms with E-state index in [1.54, 1.807) is 13.0 Å². The molecule has 12 N–H and O–H groups in total. The van der Waals surface area contributed by atoms with Crippen molar-refractivity contribution in [3.8, 4) is 22.5 Å². The molecule has 20 heteroatoms. The van der Waals surface area contributed by atoms with Gasteiger partial charge in [0.15, 0.2) is 10.3 Å². The minimum atomic E-state index is -1.39. The van der Waals surface area contributed by atoms with Gasteiger partial charge in [-0.1, -0.05) is 104 Å². The van der Waals surface area contributed by atoms with Gasteiger partial charge in [-0.2, -0.15) is 0 Å². The molecule has 2 heterocycles. The molecule has 7 aromatic rings. The maximum atomic E-state index is 10.6. The molecule has 0 atom stereocenters. The lowest BCUT2D eigenvalue weighted by molar-refractivity contribution is -0.419. The molecule has 0 aliphatic rings. The molecular formula is C47H46N10O8S2. The van der Waals surface area contributed by atoms with Gasteiger partial charge < -0.3 is 33.1 Å². The third kappa shape index (κ3) is 17.7. The topological polar surface area (TPSA) is 338 Å². The maximum absolute atomic E-state index is 10.6. The van der Waals surface area contributed by atoms with E-state index in [9.17, 15) is 29.8 Å². The highest BCUT2D eigenvalue weighted by Crippen LogP contribution is 2.27. The highest BCUT2D eigenvalue weighted by atomic mass is 32.1. The van der Waals surface area contributed by atoms with Crippen LogP contribution in [0.15, 0.2) is 168 Å². The van der Waals surface area contributed by atoms with Crippen LogP contribution in [-0.4, -0.2) is 53.4 Å². The normalized spacial score (nSPS) is 10.5. The van der Waals surface area contributed by atoms with Gasteiger partial charge in [-0.05, 0) is 48.0 Å². The summed E-state index contributed by atoms with van der Waals surface area (Å²) in [6, 6.07) is 37.5. The Balaban J connectivity index is 0.000000226. The minimum Gasteiger partial charge on any atom is -0.477 e. The van der Waals surface area contributed by atoms with Crippen LogP contribution < -0.4 is 22.9 Å². The van der Waals surface area contributed by atoms with E-state index < -0.39 is 33.2 Å². The van der Waals surface area contributed by atoms with Gasteiger partial charge in [0.1, 0.15) is 11.4 Å². The summed E-state index contributed by atoms with van der Waals surface area (Å²) in [5.41, 5.74) is 26.4. The Bertz CT molecular complexity index is 2900. The lowest BCUT2D eigenvalue weighted by atomic mass is 10.1. The van der Waals surface area contributed by atoms with E-state index in [0.29, 0.717) is 10.3 Å². The van der Waals surface area contributed by atoms with Crippen LogP contribution in [0.4, 0.5) is 27.3 Å².